The minimum Gasteiger partial charge on any atom is -0.308 e. The standard InChI is InChI=1S/C27H25FN4O/c28-22-10-11-25-24(16-22)27(19-32(25)26(33)30-23-4-2-1-3-5-23)12-14-31(15-13-27)18-21-8-6-20(17-29)7-9-21/h1-11,16H,12-15,18-19H2,(H,30,33). The van der Waals surface area contributed by atoms with E-state index in [1.807, 2.05) is 54.6 Å². The van der Waals surface area contributed by atoms with Crippen LogP contribution in [-0.2, 0) is 12.0 Å². The Bertz CT molecular complexity index is 1200. The van der Waals surface area contributed by atoms with Gasteiger partial charge in [0.05, 0.1) is 11.6 Å². The molecule has 1 saturated heterocycles. The van der Waals surface area contributed by atoms with Crippen LogP contribution in [0.2, 0.25) is 0 Å². The number of piperidine rings is 1. The second-order valence-electron chi connectivity index (χ2n) is 8.91. The molecule has 0 atom stereocenters. The smallest absolute Gasteiger partial charge is 0.308 e. The molecule has 166 valence electrons. The number of fused-ring (bicyclic) bond motifs is 2. The van der Waals surface area contributed by atoms with E-state index in [1.54, 1.807) is 17.0 Å². The van der Waals surface area contributed by atoms with Crippen LogP contribution >= 0.6 is 0 Å². The molecular weight excluding hydrogens is 415 g/mol. The molecule has 5 rings (SSSR count). The van der Waals surface area contributed by atoms with E-state index in [-0.39, 0.29) is 17.3 Å². The van der Waals surface area contributed by atoms with Gasteiger partial charge in [0.1, 0.15) is 5.82 Å². The Hall–Kier alpha value is -3.69. The monoisotopic (exact) mass is 440 g/mol. The fourth-order valence-corrected chi connectivity index (χ4v) is 5.04. The molecule has 0 unspecified atom stereocenters. The number of nitrogens with zero attached hydrogens (tertiary/aromatic N) is 3. The number of urea groups is 1. The molecule has 33 heavy (non-hydrogen) atoms. The van der Waals surface area contributed by atoms with Gasteiger partial charge in [0.2, 0.25) is 0 Å². The first kappa shape index (κ1) is 21.2. The second-order valence-corrected chi connectivity index (χ2v) is 8.91. The normalized spacial score (nSPS) is 16.9. The highest BCUT2D eigenvalue weighted by Crippen LogP contribution is 2.47. The summed E-state index contributed by atoms with van der Waals surface area (Å²) in [5.41, 5.74) is 4.06. The minimum absolute atomic E-state index is 0.189. The van der Waals surface area contributed by atoms with E-state index < -0.39 is 0 Å². The van der Waals surface area contributed by atoms with Crippen LogP contribution in [0, 0.1) is 17.1 Å². The van der Waals surface area contributed by atoms with Gasteiger partial charge < -0.3 is 5.32 Å². The van der Waals surface area contributed by atoms with E-state index in [0.29, 0.717) is 12.1 Å². The van der Waals surface area contributed by atoms with Crippen LogP contribution in [-0.4, -0.2) is 30.6 Å². The number of nitriles is 1. The van der Waals surface area contributed by atoms with Crippen LogP contribution in [0.4, 0.5) is 20.6 Å². The van der Waals surface area contributed by atoms with Gasteiger partial charge in [-0.15, -0.1) is 0 Å². The van der Waals surface area contributed by atoms with Crippen molar-refractivity contribution in [3.8, 4) is 6.07 Å². The van der Waals surface area contributed by atoms with Crippen molar-refractivity contribution < 1.29 is 9.18 Å². The van der Waals surface area contributed by atoms with Crippen molar-refractivity contribution in [2.24, 2.45) is 0 Å². The summed E-state index contributed by atoms with van der Waals surface area (Å²) in [4.78, 5) is 17.3. The van der Waals surface area contributed by atoms with Gasteiger partial charge in [0.15, 0.2) is 0 Å². The minimum atomic E-state index is -0.265. The summed E-state index contributed by atoms with van der Waals surface area (Å²) in [6.07, 6.45) is 1.71. The number of carbonyl (C=O) groups excluding carboxylic acids is 1. The average Bonchev–Trinajstić information content (AvgIpc) is 3.15. The highest BCUT2D eigenvalue weighted by molar-refractivity contribution is 6.03. The third-order valence-electron chi connectivity index (χ3n) is 6.85. The van der Waals surface area contributed by atoms with Crippen LogP contribution in [0.15, 0.2) is 72.8 Å². The first-order valence-corrected chi connectivity index (χ1v) is 11.2. The van der Waals surface area contributed by atoms with Crippen molar-refractivity contribution >= 4 is 17.4 Å². The number of halogens is 1. The van der Waals surface area contributed by atoms with E-state index in [2.05, 4.69) is 16.3 Å². The van der Waals surface area contributed by atoms with Crippen molar-refractivity contribution in [2.75, 3.05) is 29.9 Å². The number of nitrogens with one attached hydrogen (secondary N) is 1. The van der Waals surface area contributed by atoms with Gasteiger partial charge in [-0.25, -0.2) is 9.18 Å². The molecule has 1 N–H and O–H groups in total. The molecule has 2 aliphatic rings. The zero-order valence-corrected chi connectivity index (χ0v) is 18.3. The molecule has 0 aromatic heterocycles. The second kappa shape index (κ2) is 8.68. The Kier molecular flexibility index (Phi) is 5.57. The number of anilines is 2. The molecule has 0 saturated carbocycles. The lowest BCUT2D eigenvalue weighted by Crippen LogP contribution is -2.46. The lowest BCUT2D eigenvalue weighted by atomic mass is 9.74. The van der Waals surface area contributed by atoms with Crippen molar-refractivity contribution in [1.29, 1.82) is 5.26 Å². The van der Waals surface area contributed by atoms with Crippen LogP contribution in [0.3, 0.4) is 0 Å². The van der Waals surface area contributed by atoms with Crippen LogP contribution in [0.1, 0.15) is 29.5 Å². The fraction of sp³-hybridized carbons (Fsp3) is 0.259. The van der Waals surface area contributed by atoms with Gasteiger partial charge in [-0.05, 0) is 79.5 Å². The summed E-state index contributed by atoms with van der Waals surface area (Å²) in [6.45, 7) is 3.10. The Morgan fingerprint density at radius 2 is 1.76 bits per heavy atom. The molecular formula is C27H25FN4O. The summed E-state index contributed by atoms with van der Waals surface area (Å²) in [6, 6.07) is 23.8. The molecule has 1 fully saturated rings. The number of rotatable bonds is 3. The van der Waals surface area contributed by atoms with Crippen molar-refractivity contribution in [1.82, 2.24) is 4.90 Å². The van der Waals surface area contributed by atoms with E-state index in [9.17, 15) is 9.18 Å². The maximum absolute atomic E-state index is 14.2. The number of carbonyl (C=O) groups is 1. The van der Waals surface area contributed by atoms with Gasteiger partial charge in [0, 0.05) is 29.9 Å². The fourth-order valence-electron chi connectivity index (χ4n) is 5.04. The zero-order chi connectivity index (χ0) is 22.8. The van der Waals surface area contributed by atoms with E-state index in [1.165, 1.54) is 11.6 Å². The molecule has 3 aromatic rings. The molecule has 0 bridgehead atoms. The zero-order valence-electron chi connectivity index (χ0n) is 18.3. The third kappa shape index (κ3) is 4.20. The quantitative estimate of drug-likeness (QED) is 0.603. The summed E-state index contributed by atoms with van der Waals surface area (Å²) < 4.78 is 14.2. The largest absolute Gasteiger partial charge is 0.326 e. The van der Waals surface area contributed by atoms with Gasteiger partial charge in [-0.2, -0.15) is 5.26 Å². The number of amides is 2. The topological polar surface area (TPSA) is 59.4 Å². The lowest BCUT2D eigenvalue weighted by molar-refractivity contribution is 0.160. The number of likely N-dealkylation sites (tertiary alicyclic amines) is 1. The van der Waals surface area contributed by atoms with Gasteiger partial charge in [-0.1, -0.05) is 30.3 Å². The maximum Gasteiger partial charge on any atom is 0.326 e. The number of benzene rings is 3. The van der Waals surface area contributed by atoms with Crippen LogP contribution < -0.4 is 10.2 Å². The number of hydrogen-bond donors (Lipinski definition) is 1. The highest BCUT2D eigenvalue weighted by atomic mass is 19.1. The molecule has 5 nitrogen and oxygen atoms in total. The number of hydrogen-bond acceptors (Lipinski definition) is 3. The molecule has 2 heterocycles. The Balaban J connectivity index is 1.32. The molecule has 1 spiro atoms. The maximum atomic E-state index is 14.2. The van der Waals surface area contributed by atoms with E-state index >= 15 is 0 Å². The predicted molar refractivity (Wildman–Crippen MR) is 127 cm³/mol. The van der Waals surface area contributed by atoms with Crippen LogP contribution in [0.25, 0.3) is 0 Å². The summed E-state index contributed by atoms with van der Waals surface area (Å²) in [5.74, 6) is -0.265. The first-order valence-electron chi connectivity index (χ1n) is 11.2. The Morgan fingerprint density at radius 3 is 2.45 bits per heavy atom. The number of para-hydroxylation sites is 1. The van der Waals surface area contributed by atoms with Gasteiger partial charge >= 0.3 is 6.03 Å². The third-order valence-corrected chi connectivity index (χ3v) is 6.85. The van der Waals surface area contributed by atoms with E-state index in [0.717, 1.165) is 49.4 Å². The highest BCUT2D eigenvalue weighted by Gasteiger charge is 2.46. The molecule has 3 aromatic carbocycles. The average molecular weight is 441 g/mol. The molecule has 0 aliphatic carbocycles. The predicted octanol–water partition coefficient (Wildman–Crippen LogP) is 5.28. The van der Waals surface area contributed by atoms with Gasteiger partial charge in [-0.3, -0.25) is 9.80 Å². The Morgan fingerprint density at radius 1 is 1.03 bits per heavy atom. The van der Waals surface area contributed by atoms with E-state index in [4.69, 9.17) is 5.26 Å². The Labute approximate surface area is 193 Å². The summed E-state index contributed by atoms with van der Waals surface area (Å²) in [5, 5.41) is 12.0. The molecule has 2 aliphatic heterocycles. The first-order chi connectivity index (χ1) is 16.1. The molecule has 2 amide bonds. The molecule has 0 radical (unpaired) electrons. The summed E-state index contributed by atoms with van der Waals surface area (Å²) in [7, 11) is 0. The van der Waals surface area contributed by atoms with Gasteiger partial charge in [0.25, 0.3) is 0 Å². The lowest BCUT2D eigenvalue weighted by Gasteiger charge is -2.40. The SMILES string of the molecule is N#Cc1ccc(CN2CCC3(CC2)CN(C(=O)Nc2ccccc2)c2ccc(F)cc23)cc1. The van der Waals surface area contributed by atoms with Crippen LogP contribution in [0.5, 0.6) is 0 Å². The van der Waals surface area contributed by atoms with Crippen molar-refractivity contribution in [3.05, 3.63) is 95.3 Å². The van der Waals surface area contributed by atoms with Crippen molar-refractivity contribution in [3.63, 3.8) is 0 Å². The summed E-state index contributed by atoms with van der Waals surface area (Å²) >= 11 is 0. The van der Waals surface area contributed by atoms with Crippen molar-refractivity contribution in [2.45, 2.75) is 24.8 Å². The molecule has 6 heteroatoms.